The summed E-state index contributed by atoms with van der Waals surface area (Å²) in [6.45, 7) is 0. The van der Waals surface area contributed by atoms with E-state index in [1.807, 2.05) is 18.2 Å². The Morgan fingerprint density at radius 2 is 2.10 bits per heavy atom. The van der Waals surface area contributed by atoms with E-state index < -0.39 is 0 Å². The van der Waals surface area contributed by atoms with Crippen LogP contribution in [0.3, 0.4) is 0 Å². The highest BCUT2D eigenvalue weighted by Crippen LogP contribution is 2.37. The number of hydrogen-bond acceptors (Lipinski definition) is 3. The average molecular weight is 285 g/mol. The van der Waals surface area contributed by atoms with Crippen molar-refractivity contribution in [3.63, 3.8) is 0 Å². The van der Waals surface area contributed by atoms with Gasteiger partial charge in [-0.15, -0.1) is 0 Å². The SMILES string of the molecule is N#Cc1ccc(NC2CCc3cc(O)ccc32)c(Cl)c1. The van der Waals surface area contributed by atoms with Crippen LogP contribution in [0.5, 0.6) is 5.75 Å². The van der Waals surface area contributed by atoms with Gasteiger partial charge < -0.3 is 10.4 Å². The van der Waals surface area contributed by atoms with Crippen LogP contribution in [-0.2, 0) is 6.42 Å². The molecule has 3 nitrogen and oxygen atoms in total. The van der Waals surface area contributed by atoms with E-state index in [0.717, 1.165) is 18.5 Å². The van der Waals surface area contributed by atoms with Crippen molar-refractivity contribution >= 4 is 17.3 Å². The molecular formula is C16H13ClN2O. The van der Waals surface area contributed by atoms with E-state index in [9.17, 15) is 5.11 Å². The highest BCUT2D eigenvalue weighted by Gasteiger charge is 2.23. The zero-order valence-electron chi connectivity index (χ0n) is 10.7. The molecule has 0 saturated heterocycles. The zero-order chi connectivity index (χ0) is 14.1. The molecule has 1 aliphatic rings. The first-order valence-corrected chi connectivity index (χ1v) is 6.83. The van der Waals surface area contributed by atoms with Gasteiger partial charge in [-0.2, -0.15) is 5.26 Å². The first-order valence-electron chi connectivity index (χ1n) is 6.45. The molecule has 2 N–H and O–H groups in total. The standard InChI is InChI=1S/C16H13ClN2O/c17-14-7-10(9-18)1-5-16(14)19-15-6-2-11-8-12(20)3-4-13(11)15/h1,3-5,7-8,15,19-20H,2,6H2. The summed E-state index contributed by atoms with van der Waals surface area (Å²) < 4.78 is 0. The van der Waals surface area contributed by atoms with Gasteiger partial charge in [-0.1, -0.05) is 17.7 Å². The van der Waals surface area contributed by atoms with Gasteiger partial charge in [0.2, 0.25) is 0 Å². The Kier molecular flexibility index (Phi) is 3.25. The number of rotatable bonds is 2. The van der Waals surface area contributed by atoms with Crippen molar-refractivity contribution in [1.82, 2.24) is 0 Å². The third-order valence-electron chi connectivity index (χ3n) is 3.63. The second-order valence-electron chi connectivity index (χ2n) is 4.93. The number of benzene rings is 2. The lowest BCUT2D eigenvalue weighted by atomic mass is 10.1. The lowest BCUT2D eigenvalue weighted by Gasteiger charge is -2.16. The molecule has 2 aromatic carbocycles. The molecule has 0 amide bonds. The van der Waals surface area contributed by atoms with Gasteiger partial charge in [0.1, 0.15) is 5.75 Å². The van der Waals surface area contributed by atoms with Gasteiger partial charge in [0.25, 0.3) is 0 Å². The molecule has 4 heteroatoms. The van der Waals surface area contributed by atoms with Crippen molar-refractivity contribution < 1.29 is 5.11 Å². The third kappa shape index (κ3) is 2.31. The first kappa shape index (κ1) is 12.8. The van der Waals surface area contributed by atoms with Crippen LogP contribution in [-0.4, -0.2) is 5.11 Å². The molecule has 0 aliphatic heterocycles. The van der Waals surface area contributed by atoms with Crippen molar-refractivity contribution in [1.29, 1.82) is 5.26 Å². The topological polar surface area (TPSA) is 56.0 Å². The molecule has 3 rings (SSSR count). The lowest BCUT2D eigenvalue weighted by Crippen LogP contribution is -2.07. The molecule has 100 valence electrons. The first-order chi connectivity index (χ1) is 9.67. The maximum absolute atomic E-state index is 9.50. The number of nitriles is 1. The molecular weight excluding hydrogens is 272 g/mol. The smallest absolute Gasteiger partial charge is 0.115 e. The lowest BCUT2D eigenvalue weighted by molar-refractivity contribution is 0.474. The normalized spacial score (nSPS) is 16.5. The second-order valence-corrected chi connectivity index (χ2v) is 5.33. The Hall–Kier alpha value is -2.18. The predicted octanol–water partition coefficient (Wildman–Crippen LogP) is 4.02. The summed E-state index contributed by atoms with van der Waals surface area (Å²) >= 11 is 6.19. The summed E-state index contributed by atoms with van der Waals surface area (Å²) in [5.74, 6) is 0.306. The molecule has 0 aromatic heterocycles. The molecule has 2 aromatic rings. The summed E-state index contributed by atoms with van der Waals surface area (Å²) in [6.07, 6.45) is 1.91. The minimum absolute atomic E-state index is 0.191. The number of fused-ring (bicyclic) bond motifs is 1. The van der Waals surface area contributed by atoms with Crippen molar-refractivity contribution in [3.05, 3.63) is 58.1 Å². The van der Waals surface area contributed by atoms with E-state index in [0.29, 0.717) is 16.3 Å². The summed E-state index contributed by atoms with van der Waals surface area (Å²) in [7, 11) is 0. The highest BCUT2D eigenvalue weighted by molar-refractivity contribution is 6.33. The van der Waals surface area contributed by atoms with Crippen LogP contribution in [0.1, 0.15) is 29.2 Å². The number of phenolic OH excluding ortho intramolecular Hbond substituents is 1. The molecule has 1 atom stereocenters. The Labute approximate surface area is 122 Å². The van der Waals surface area contributed by atoms with E-state index in [4.69, 9.17) is 16.9 Å². The number of halogens is 1. The van der Waals surface area contributed by atoms with E-state index in [1.165, 1.54) is 11.1 Å². The maximum Gasteiger partial charge on any atom is 0.115 e. The summed E-state index contributed by atoms with van der Waals surface area (Å²) in [6, 6.07) is 13.0. The second kappa shape index (κ2) is 5.07. The largest absolute Gasteiger partial charge is 0.508 e. The van der Waals surface area contributed by atoms with Gasteiger partial charge in [0.05, 0.1) is 28.4 Å². The Morgan fingerprint density at radius 1 is 1.25 bits per heavy atom. The monoisotopic (exact) mass is 284 g/mol. The zero-order valence-corrected chi connectivity index (χ0v) is 11.5. The molecule has 20 heavy (non-hydrogen) atoms. The van der Waals surface area contributed by atoms with Crippen LogP contribution < -0.4 is 5.32 Å². The van der Waals surface area contributed by atoms with Crippen LogP contribution in [0.15, 0.2) is 36.4 Å². The number of nitrogens with zero attached hydrogens (tertiary/aromatic N) is 1. The highest BCUT2D eigenvalue weighted by atomic mass is 35.5. The molecule has 1 aliphatic carbocycles. The number of hydrogen-bond donors (Lipinski definition) is 2. The Morgan fingerprint density at radius 3 is 2.85 bits per heavy atom. The van der Waals surface area contributed by atoms with Crippen molar-refractivity contribution in [2.75, 3.05) is 5.32 Å². The van der Waals surface area contributed by atoms with Gasteiger partial charge in [-0.05, 0) is 54.3 Å². The molecule has 0 spiro atoms. The van der Waals surface area contributed by atoms with Crippen molar-refractivity contribution in [2.45, 2.75) is 18.9 Å². The molecule has 0 bridgehead atoms. The minimum atomic E-state index is 0.191. The van der Waals surface area contributed by atoms with Crippen LogP contribution in [0.25, 0.3) is 0 Å². The van der Waals surface area contributed by atoms with Crippen molar-refractivity contribution in [3.8, 4) is 11.8 Å². The van der Waals surface area contributed by atoms with Gasteiger partial charge in [-0.3, -0.25) is 0 Å². The Balaban J connectivity index is 1.86. The summed E-state index contributed by atoms with van der Waals surface area (Å²) in [4.78, 5) is 0. The number of anilines is 1. The van der Waals surface area contributed by atoms with Gasteiger partial charge in [0.15, 0.2) is 0 Å². The fraction of sp³-hybridized carbons (Fsp3) is 0.188. The number of nitrogens with one attached hydrogen (secondary N) is 1. The molecule has 1 unspecified atom stereocenters. The van der Waals surface area contributed by atoms with E-state index >= 15 is 0 Å². The number of phenols is 1. The van der Waals surface area contributed by atoms with Crippen LogP contribution >= 0.6 is 11.6 Å². The summed E-state index contributed by atoms with van der Waals surface area (Å²) in [5, 5.41) is 22.3. The molecule has 0 radical (unpaired) electrons. The maximum atomic E-state index is 9.50. The minimum Gasteiger partial charge on any atom is -0.508 e. The number of aromatic hydroxyl groups is 1. The average Bonchev–Trinajstić information content (AvgIpc) is 2.83. The fourth-order valence-electron chi connectivity index (χ4n) is 2.64. The van der Waals surface area contributed by atoms with Gasteiger partial charge >= 0.3 is 0 Å². The molecule has 0 heterocycles. The third-order valence-corrected chi connectivity index (χ3v) is 3.94. The van der Waals surface area contributed by atoms with E-state index in [1.54, 1.807) is 18.2 Å². The number of aryl methyl sites for hydroxylation is 1. The summed E-state index contributed by atoms with van der Waals surface area (Å²) in [5.41, 5.74) is 3.75. The molecule has 0 fully saturated rings. The molecule has 0 saturated carbocycles. The quantitative estimate of drug-likeness (QED) is 0.876. The van der Waals surface area contributed by atoms with Crippen LogP contribution in [0, 0.1) is 11.3 Å². The van der Waals surface area contributed by atoms with E-state index in [-0.39, 0.29) is 6.04 Å². The van der Waals surface area contributed by atoms with Crippen molar-refractivity contribution in [2.24, 2.45) is 0 Å². The van der Waals surface area contributed by atoms with Crippen LogP contribution in [0.4, 0.5) is 5.69 Å². The predicted molar refractivity (Wildman–Crippen MR) is 79.0 cm³/mol. The Bertz CT molecular complexity index is 706. The van der Waals surface area contributed by atoms with Gasteiger partial charge in [-0.25, -0.2) is 0 Å². The van der Waals surface area contributed by atoms with Gasteiger partial charge in [0, 0.05) is 0 Å². The van der Waals surface area contributed by atoms with E-state index in [2.05, 4.69) is 11.4 Å². The van der Waals surface area contributed by atoms with Crippen LogP contribution in [0.2, 0.25) is 5.02 Å². The fourth-order valence-corrected chi connectivity index (χ4v) is 2.88.